The molecule has 90 valence electrons. The molecule has 3 nitrogen and oxygen atoms in total. The molecule has 0 aromatic heterocycles. The Balaban J connectivity index is 2.45. The summed E-state index contributed by atoms with van der Waals surface area (Å²) < 4.78 is 0. The molecule has 17 heavy (non-hydrogen) atoms. The van der Waals surface area contributed by atoms with Crippen LogP contribution in [0.1, 0.15) is 18.4 Å². The average Bonchev–Trinajstić information content (AvgIpc) is 2.33. The average molecular weight is 230 g/mol. The maximum atomic E-state index is 12.1. The van der Waals surface area contributed by atoms with Gasteiger partial charge in [-0.25, -0.2) is 0 Å². The monoisotopic (exact) mass is 230 g/mol. The Morgan fingerprint density at radius 2 is 1.94 bits per heavy atom. The fourth-order valence-corrected chi connectivity index (χ4v) is 2.23. The molecule has 0 bridgehead atoms. The van der Waals surface area contributed by atoms with E-state index in [-0.39, 0.29) is 11.8 Å². The molecule has 1 heterocycles. The van der Waals surface area contributed by atoms with Crippen molar-refractivity contribution in [3.05, 3.63) is 41.6 Å². The molecule has 0 saturated carbocycles. The van der Waals surface area contributed by atoms with Crippen LogP contribution in [0.3, 0.4) is 0 Å². The maximum absolute atomic E-state index is 12.1. The first-order chi connectivity index (χ1) is 8.02. The summed E-state index contributed by atoms with van der Waals surface area (Å²) in [6.07, 6.45) is 1.94. The molecule has 0 spiro atoms. The Morgan fingerprint density at radius 3 is 2.59 bits per heavy atom. The standard InChI is InChI=1S/C14H18N2O/c1-10-11-7-5-6-8-13(11)16(4)9-12(10)14(17)15(2)3/h5-10H,1-4H3/t10-/m0/s1. The maximum Gasteiger partial charge on any atom is 0.251 e. The van der Waals surface area contributed by atoms with Crippen molar-refractivity contribution in [2.45, 2.75) is 12.8 Å². The number of anilines is 1. The Kier molecular flexibility index (Phi) is 2.92. The Labute approximate surface area is 102 Å². The number of carbonyl (C=O) groups excluding carboxylic acids is 1. The van der Waals surface area contributed by atoms with E-state index in [4.69, 9.17) is 0 Å². The molecular weight excluding hydrogens is 212 g/mol. The number of amides is 1. The van der Waals surface area contributed by atoms with Crippen molar-refractivity contribution >= 4 is 11.6 Å². The van der Waals surface area contributed by atoms with Crippen LogP contribution in [-0.2, 0) is 4.79 Å². The minimum Gasteiger partial charge on any atom is -0.350 e. The molecule has 1 aromatic carbocycles. The quantitative estimate of drug-likeness (QED) is 0.738. The van der Waals surface area contributed by atoms with Crippen LogP contribution in [0.25, 0.3) is 0 Å². The van der Waals surface area contributed by atoms with Crippen LogP contribution in [0.2, 0.25) is 0 Å². The lowest BCUT2D eigenvalue weighted by molar-refractivity contribution is -0.125. The number of fused-ring (bicyclic) bond motifs is 1. The summed E-state index contributed by atoms with van der Waals surface area (Å²) in [4.78, 5) is 15.7. The molecular formula is C14H18N2O. The molecule has 0 aliphatic carbocycles. The summed E-state index contributed by atoms with van der Waals surface area (Å²) in [7, 11) is 5.56. The van der Waals surface area contributed by atoms with Gasteiger partial charge in [0.2, 0.25) is 0 Å². The lowest BCUT2D eigenvalue weighted by Crippen LogP contribution is -2.30. The fraction of sp³-hybridized carbons (Fsp3) is 0.357. The van der Waals surface area contributed by atoms with Crippen LogP contribution in [0.5, 0.6) is 0 Å². The van der Waals surface area contributed by atoms with E-state index in [1.165, 1.54) is 11.3 Å². The number of benzene rings is 1. The summed E-state index contributed by atoms with van der Waals surface area (Å²) >= 11 is 0. The lowest BCUT2D eigenvalue weighted by atomic mass is 9.88. The second kappa shape index (κ2) is 4.24. The molecule has 1 aliphatic heterocycles. The van der Waals surface area contributed by atoms with Crippen molar-refractivity contribution in [1.29, 1.82) is 0 Å². The number of carbonyl (C=O) groups is 1. The van der Waals surface area contributed by atoms with Gasteiger partial charge >= 0.3 is 0 Å². The highest BCUT2D eigenvalue weighted by molar-refractivity contribution is 5.96. The first kappa shape index (κ1) is 11.7. The van der Waals surface area contributed by atoms with Crippen LogP contribution < -0.4 is 4.90 Å². The Bertz CT molecular complexity index is 477. The van der Waals surface area contributed by atoms with Crippen molar-refractivity contribution in [2.75, 3.05) is 26.0 Å². The summed E-state index contributed by atoms with van der Waals surface area (Å²) in [5.41, 5.74) is 3.23. The van der Waals surface area contributed by atoms with Gasteiger partial charge in [-0.1, -0.05) is 25.1 Å². The van der Waals surface area contributed by atoms with Gasteiger partial charge in [0.25, 0.3) is 5.91 Å². The Morgan fingerprint density at radius 1 is 1.29 bits per heavy atom. The second-order valence-electron chi connectivity index (χ2n) is 4.68. The van der Waals surface area contributed by atoms with Crippen molar-refractivity contribution < 1.29 is 4.79 Å². The number of para-hydroxylation sites is 1. The van der Waals surface area contributed by atoms with E-state index in [1.54, 1.807) is 19.0 Å². The molecule has 3 heteroatoms. The molecule has 1 aliphatic rings. The molecule has 2 rings (SSSR count). The van der Waals surface area contributed by atoms with Crippen LogP contribution in [-0.4, -0.2) is 32.0 Å². The number of rotatable bonds is 1. The van der Waals surface area contributed by atoms with E-state index in [0.717, 1.165) is 5.57 Å². The topological polar surface area (TPSA) is 23.6 Å². The van der Waals surface area contributed by atoms with Crippen molar-refractivity contribution in [1.82, 2.24) is 4.90 Å². The van der Waals surface area contributed by atoms with E-state index >= 15 is 0 Å². The highest BCUT2D eigenvalue weighted by atomic mass is 16.2. The Hall–Kier alpha value is -1.77. The lowest BCUT2D eigenvalue weighted by Gasteiger charge is -2.31. The molecule has 1 amide bonds. The number of hydrogen-bond donors (Lipinski definition) is 0. The predicted molar refractivity (Wildman–Crippen MR) is 70.0 cm³/mol. The summed E-state index contributed by atoms with van der Waals surface area (Å²) in [5, 5.41) is 0. The van der Waals surface area contributed by atoms with Crippen molar-refractivity contribution in [2.24, 2.45) is 0 Å². The van der Waals surface area contributed by atoms with Gasteiger partial charge in [-0.3, -0.25) is 4.79 Å². The molecule has 0 fully saturated rings. The van der Waals surface area contributed by atoms with Crippen LogP contribution in [0.15, 0.2) is 36.0 Å². The third-order valence-electron chi connectivity index (χ3n) is 3.24. The highest BCUT2D eigenvalue weighted by Crippen LogP contribution is 2.36. The molecule has 0 N–H and O–H groups in total. The first-order valence-electron chi connectivity index (χ1n) is 5.77. The van der Waals surface area contributed by atoms with E-state index in [2.05, 4.69) is 19.1 Å². The van der Waals surface area contributed by atoms with Gasteiger partial charge in [0, 0.05) is 44.5 Å². The van der Waals surface area contributed by atoms with Crippen LogP contribution in [0, 0.1) is 0 Å². The van der Waals surface area contributed by atoms with Crippen LogP contribution >= 0.6 is 0 Å². The summed E-state index contributed by atoms with van der Waals surface area (Å²) in [5.74, 6) is 0.233. The van der Waals surface area contributed by atoms with Gasteiger partial charge in [-0.15, -0.1) is 0 Å². The van der Waals surface area contributed by atoms with E-state index < -0.39 is 0 Å². The largest absolute Gasteiger partial charge is 0.350 e. The van der Waals surface area contributed by atoms with Gasteiger partial charge in [0.1, 0.15) is 0 Å². The SMILES string of the molecule is C[C@@H]1C(C(=O)N(C)C)=CN(C)c2ccccc21. The number of likely N-dealkylation sites (N-methyl/N-ethyl adjacent to an activating group) is 1. The smallest absolute Gasteiger partial charge is 0.251 e. The van der Waals surface area contributed by atoms with Crippen LogP contribution in [0.4, 0.5) is 5.69 Å². The normalized spacial score (nSPS) is 18.5. The number of hydrogen-bond acceptors (Lipinski definition) is 2. The molecule has 0 radical (unpaired) electrons. The van der Waals surface area contributed by atoms with Gasteiger partial charge in [-0.2, -0.15) is 0 Å². The zero-order valence-electron chi connectivity index (χ0n) is 10.8. The second-order valence-corrected chi connectivity index (χ2v) is 4.68. The zero-order valence-corrected chi connectivity index (χ0v) is 10.8. The highest BCUT2D eigenvalue weighted by Gasteiger charge is 2.27. The summed E-state index contributed by atoms with van der Waals surface area (Å²) in [6, 6.07) is 8.21. The summed E-state index contributed by atoms with van der Waals surface area (Å²) in [6.45, 7) is 2.08. The van der Waals surface area contributed by atoms with E-state index in [1.807, 2.05) is 30.3 Å². The van der Waals surface area contributed by atoms with E-state index in [0.29, 0.717) is 0 Å². The molecule has 0 saturated heterocycles. The fourth-order valence-electron chi connectivity index (χ4n) is 2.23. The molecule has 1 aromatic rings. The minimum absolute atomic E-state index is 0.0823. The zero-order chi connectivity index (χ0) is 12.6. The number of nitrogens with zero attached hydrogens (tertiary/aromatic N) is 2. The predicted octanol–water partition coefficient (Wildman–Crippen LogP) is 2.21. The van der Waals surface area contributed by atoms with Crippen molar-refractivity contribution in [3.8, 4) is 0 Å². The molecule has 1 atom stereocenters. The third-order valence-corrected chi connectivity index (χ3v) is 3.24. The first-order valence-corrected chi connectivity index (χ1v) is 5.77. The van der Waals surface area contributed by atoms with Gasteiger partial charge < -0.3 is 9.80 Å². The van der Waals surface area contributed by atoms with E-state index in [9.17, 15) is 4.79 Å². The minimum atomic E-state index is 0.0823. The third kappa shape index (κ3) is 1.93. The molecule has 0 unspecified atom stereocenters. The van der Waals surface area contributed by atoms with Crippen molar-refractivity contribution in [3.63, 3.8) is 0 Å². The van der Waals surface area contributed by atoms with Gasteiger partial charge in [-0.05, 0) is 11.6 Å². The van der Waals surface area contributed by atoms with Gasteiger partial charge in [0.05, 0.1) is 0 Å². The van der Waals surface area contributed by atoms with Gasteiger partial charge in [0.15, 0.2) is 0 Å².